The van der Waals surface area contributed by atoms with Crippen molar-refractivity contribution in [2.24, 2.45) is 0 Å². The van der Waals surface area contributed by atoms with E-state index in [4.69, 9.17) is 0 Å². The van der Waals surface area contributed by atoms with E-state index in [2.05, 4.69) is 31.4 Å². The lowest BCUT2D eigenvalue weighted by atomic mass is 10.2. The van der Waals surface area contributed by atoms with E-state index >= 15 is 0 Å². The zero-order valence-corrected chi connectivity index (χ0v) is 20.4. The molecule has 1 amide bonds. The Morgan fingerprint density at radius 3 is 2.55 bits per heavy atom. The molecular formula is C21H23BrN4O3S2. The van der Waals surface area contributed by atoms with Crippen LogP contribution in [0.2, 0.25) is 0 Å². The van der Waals surface area contributed by atoms with E-state index in [1.165, 1.54) is 15.6 Å². The highest BCUT2D eigenvalue weighted by Crippen LogP contribution is 2.28. The first-order chi connectivity index (χ1) is 14.8. The Kier molecular flexibility index (Phi) is 7.93. The van der Waals surface area contributed by atoms with Crippen LogP contribution in [0.1, 0.15) is 25.3 Å². The van der Waals surface area contributed by atoms with Gasteiger partial charge in [0.25, 0.3) is 0 Å². The molecule has 164 valence electrons. The van der Waals surface area contributed by atoms with Gasteiger partial charge in [-0.05, 0) is 37.6 Å². The van der Waals surface area contributed by atoms with E-state index in [0.717, 1.165) is 15.6 Å². The van der Waals surface area contributed by atoms with Crippen molar-refractivity contribution in [2.75, 3.05) is 18.4 Å². The van der Waals surface area contributed by atoms with Crippen LogP contribution < -0.4 is 5.32 Å². The molecule has 0 aliphatic heterocycles. The van der Waals surface area contributed by atoms with E-state index < -0.39 is 10.0 Å². The Morgan fingerprint density at radius 1 is 1.13 bits per heavy atom. The van der Waals surface area contributed by atoms with E-state index in [0.29, 0.717) is 23.1 Å². The summed E-state index contributed by atoms with van der Waals surface area (Å²) in [6.07, 6.45) is 0.677. The fourth-order valence-corrected chi connectivity index (χ4v) is 5.57. The highest BCUT2D eigenvalue weighted by atomic mass is 79.9. The molecule has 1 N–H and O–H groups in total. The maximum absolute atomic E-state index is 13.0. The number of hydrogen-bond acceptors (Lipinski definition) is 6. The number of amides is 1. The number of carbonyl (C=O) groups is 1. The normalized spacial score (nSPS) is 11.6. The first kappa shape index (κ1) is 23.5. The van der Waals surface area contributed by atoms with Gasteiger partial charge in [0.2, 0.25) is 21.1 Å². The fraction of sp³-hybridized carbons (Fsp3) is 0.286. The van der Waals surface area contributed by atoms with Crippen molar-refractivity contribution < 1.29 is 13.2 Å². The van der Waals surface area contributed by atoms with Crippen LogP contribution >= 0.6 is 27.3 Å². The summed E-state index contributed by atoms with van der Waals surface area (Å²) in [5.41, 5.74) is 1.88. The van der Waals surface area contributed by atoms with E-state index in [1.807, 2.05) is 38.1 Å². The molecule has 0 aliphatic rings. The van der Waals surface area contributed by atoms with Crippen LogP contribution in [0.4, 0.5) is 5.13 Å². The number of benzene rings is 2. The number of sulfonamides is 1. The highest BCUT2D eigenvalue weighted by Gasteiger charge is 2.24. The van der Waals surface area contributed by atoms with Crippen molar-refractivity contribution >= 4 is 48.3 Å². The van der Waals surface area contributed by atoms with Gasteiger partial charge in [0.15, 0.2) is 0 Å². The zero-order valence-electron chi connectivity index (χ0n) is 17.2. The molecule has 0 aliphatic carbocycles. The standard InChI is InChI=1S/C21H23BrN4O3S2/c1-3-12-26(31(28,29)18-9-7-15(2)8-10-18)13-11-19(27)23-21-25-24-20(30-21)16-5-4-6-17(22)14-16/h4-10,14H,3,11-13H2,1-2H3,(H,23,25,27). The summed E-state index contributed by atoms with van der Waals surface area (Å²) in [5.74, 6) is -0.308. The van der Waals surface area contributed by atoms with Crippen LogP contribution in [0.15, 0.2) is 57.9 Å². The van der Waals surface area contributed by atoms with Crippen LogP contribution in [0.25, 0.3) is 10.6 Å². The molecule has 3 rings (SSSR count). The maximum Gasteiger partial charge on any atom is 0.243 e. The van der Waals surface area contributed by atoms with Gasteiger partial charge in [-0.25, -0.2) is 8.42 Å². The van der Waals surface area contributed by atoms with Crippen LogP contribution in [-0.2, 0) is 14.8 Å². The lowest BCUT2D eigenvalue weighted by Crippen LogP contribution is -2.34. The average Bonchev–Trinajstić information content (AvgIpc) is 3.19. The van der Waals surface area contributed by atoms with Crippen LogP contribution in [0, 0.1) is 6.92 Å². The third-order valence-corrected chi connectivity index (χ3v) is 7.76. The van der Waals surface area contributed by atoms with Crippen LogP contribution in [0.5, 0.6) is 0 Å². The molecule has 1 aromatic heterocycles. The third kappa shape index (κ3) is 6.19. The number of hydrogen-bond donors (Lipinski definition) is 1. The molecule has 2 aromatic carbocycles. The van der Waals surface area contributed by atoms with Gasteiger partial charge in [-0.15, -0.1) is 10.2 Å². The number of nitrogens with zero attached hydrogens (tertiary/aromatic N) is 3. The van der Waals surface area contributed by atoms with Crippen molar-refractivity contribution in [3.05, 3.63) is 58.6 Å². The SMILES string of the molecule is CCCN(CCC(=O)Nc1nnc(-c2cccc(Br)c2)s1)S(=O)(=O)c1ccc(C)cc1. The molecule has 0 radical (unpaired) electrons. The molecule has 0 fully saturated rings. The monoisotopic (exact) mass is 522 g/mol. The Morgan fingerprint density at radius 2 is 1.87 bits per heavy atom. The zero-order chi connectivity index (χ0) is 22.4. The summed E-state index contributed by atoms with van der Waals surface area (Å²) in [5, 5.41) is 11.9. The lowest BCUT2D eigenvalue weighted by molar-refractivity contribution is -0.116. The second-order valence-electron chi connectivity index (χ2n) is 6.94. The largest absolute Gasteiger partial charge is 0.300 e. The molecular weight excluding hydrogens is 500 g/mol. The number of nitrogens with one attached hydrogen (secondary N) is 1. The maximum atomic E-state index is 13.0. The lowest BCUT2D eigenvalue weighted by Gasteiger charge is -2.21. The van der Waals surface area contributed by atoms with Crippen LogP contribution in [-0.4, -0.2) is 41.9 Å². The topological polar surface area (TPSA) is 92.3 Å². The summed E-state index contributed by atoms with van der Waals surface area (Å²) in [4.78, 5) is 12.7. The molecule has 0 bridgehead atoms. The average molecular weight is 523 g/mol. The second-order valence-corrected chi connectivity index (χ2v) is 10.8. The Bertz CT molecular complexity index is 1150. The smallest absolute Gasteiger partial charge is 0.243 e. The van der Waals surface area contributed by atoms with E-state index in [-0.39, 0.29) is 23.8 Å². The Balaban J connectivity index is 1.63. The molecule has 0 atom stereocenters. The van der Waals surface area contributed by atoms with E-state index in [1.54, 1.807) is 24.3 Å². The highest BCUT2D eigenvalue weighted by molar-refractivity contribution is 9.10. The Hall–Kier alpha value is -2.14. The predicted octanol–water partition coefficient (Wildman–Crippen LogP) is 4.71. The van der Waals surface area contributed by atoms with Gasteiger partial charge in [0.05, 0.1) is 4.90 Å². The number of aromatic nitrogens is 2. The number of halogens is 1. The van der Waals surface area contributed by atoms with Crippen molar-refractivity contribution in [2.45, 2.75) is 31.6 Å². The quantitative estimate of drug-likeness (QED) is 0.439. The van der Waals surface area contributed by atoms with Crippen molar-refractivity contribution in [1.29, 1.82) is 0 Å². The molecule has 1 heterocycles. The summed E-state index contributed by atoms with van der Waals surface area (Å²) >= 11 is 4.69. The summed E-state index contributed by atoms with van der Waals surface area (Å²) < 4.78 is 28.2. The van der Waals surface area contributed by atoms with Gasteiger partial charge in [0, 0.05) is 29.5 Å². The van der Waals surface area contributed by atoms with Gasteiger partial charge in [-0.3, -0.25) is 4.79 Å². The minimum Gasteiger partial charge on any atom is -0.300 e. The fourth-order valence-electron chi connectivity index (χ4n) is 2.88. The molecule has 3 aromatic rings. The minimum absolute atomic E-state index is 0.0247. The number of carbonyl (C=O) groups excluding carboxylic acids is 1. The Labute approximate surface area is 194 Å². The first-order valence-electron chi connectivity index (χ1n) is 9.75. The first-order valence-corrected chi connectivity index (χ1v) is 12.8. The van der Waals surface area contributed by atoms with Gasteiger partial charge in [-0.1, -0.05) is 64.0 Å². The second kappa shape index (κ2) is 10.4. The molecule has 0 saturated carbocycles. The van der Waals surface area contributed by atoms with Gasteiger partial charge < -0.3 is 5.32 Å². The summed E-state index contributed by atoms with van der Waals surface area (Å²) in [6.45, 7) is 4.24. The summed E-state index contributed by atoms with van der Waals surface area (Å²) in [7, 11) is -3.66. The molecule has 0 unspecified atom stereocenters. The molecule has 7 nitrogen and oxygen atoms in total. The van der Waals surface area contributed by atoms with Crippen molar-refractivity contribution in [1.82, 2.24) is 14.5 Å². The molecule has 0 saturated heterocycles. The van der Waals surface area contributed by atoms with Gasteiger partial charge in [0.1, 0.15) is 5.01 Å². The number of rotatable bonds is 9. The third-order valence-electron chi connectivity index (χ3n) is 4.46. The van der Waals surface area contributed by atoms with Crippen molar-refractivity contribution in [3.8, 4) is 10.6 Å². The molecule has 10 heteroatoms. The summed E-state index contributed by atoms with van der Waals surface area (Å²) in [6, 6.07) is 14.4. The van der Waals surface area contributed by atoms with Crippen molar-refractivity contribution in [3.63, 3.8) is 0 Å². The van der Waals surface area contributed by atoms with Gasteiger partial charge in [-0.2, -0.15) is 4.31 Å². The molecule has 0 spiro atoms. The molecule has 31 heavy (non-hydrogen) atoms. The van der Waals surface area contributed by atoms with Gasteiger partial charge >= 0.3 is 0 Å². The predicted molar refractivity (Wildman–Crippen MR) is 127 cm³/mol. The van der Waals surface area contributed by atoms with E-state index in [9.17, 15) is 13.2 Å². The number of anilines is 1. The van der Waals surface area contributed by atoms with Crippen LogP contribution in [0.3, 0.4) is 0 Å². The minimum atomic E-state index is -3.66. The number of aryl methyl sites for hydroxylation is 1.